The summed E-state index contributed by atoms with van der Waals surface area (Å²) < 4.78 is 12.2. The Bertz CT molecular complexity index is 1300. The molecule has 8 nitrogen and oxygen atoms in total. The Kier molecular flexibility index (Phi) is 7.83. The zero-order valence-electron chi connectivity index (χ0n) is 22.0. The third kappa shape index (κ3) is 6.62. The number of likely N-dealkylation sites (tertiary alicyclic amines) is 1. The highest BCUT2D eigenvalue weighted by molar-refractivity contribution is 6.33. The number of anilines is 1. The minimum atomic E-state index is -0.257. The first-order chi connectivity index (χ1) is 19.1. The van der Waals surface area contributed by atoms with E-state index in [2.05, 4.69) is 32.7 Å². The second kappa shape index (κ2) is 11.8. The predicted molar refractivity (Wildman–Crippen MR) is 155 cm³/mol. The first kappa shape index (κ1) is 25.9. The lowest BCUT2D eigenvalue weighted by Crippen LogP contribution is -2.30. The average Bonchev–Trinajstić information content (AvgIpc) is 3.40. The molecule has 1 atom stereocenters. The fourth-order valence-electron chi connectivity index (χ4n) is 5.16. The molecule has 3 aliphatic heterocycles. The van der Waals surface area contributed by atoms with Crippen LogP contribution in [0, 0.1) is 0 Å². The molecular weight excluding hydrogens is 514 g/mol. The molecule has 4 aliphatic rings. The number of hydrogen-bond donors (Lipinski definition) is 2. The summed E-state index contributed by atoms with van der Waals surface area (Å²) >= 11 is 6.44. The quantitative estimate of drug-likeness (QED) is 0.367. The molecular formula is C30H34ClN5O3. The van der Waals surface area contributed by atoms with E-state index in [1.165, 1.54) is 25.9 Å². The standard InChI is InChI=1S/C30H34ClN5O3/c31-25-18-23(10-11-26(25)35-30(37)33-21-6-7-21)39-28-12-13-32-29-24(28)19-27(34-29)20-4-8-22(9-5-20)38-17-3-16-36-14-1-2-15-36/h4-5,8-11,13,18,21,29H,1-3,6-7,12,14-17,19H2,(H2,33,35,37). The number of urea groups is 1. The Morgan fingerprint density at radius 2 is 1.87 bits per heavy atom. The summed E-state index contributed by atoms with van der Waals surface area (Å²) in [6, 6.07) is 13.5. The van der Waals surface area contributed by atoms with Crippen LogP contribution in [0.5, 0.6) is 11.5 Å². The van der Waals surface area contributed by atoms with Gasteiger partial charge in [0.25, 0.3) is 0 Å². The van der Waals surface area contributed by atoms with Crippen LogP contribution in [0.4, 0.5) is 10.5 Å². The SMILES string of the molecule is O=C(Nc1ccc(OC2=C3CC(c4ccc(OCCCN5CCCC5)cc4)=NC3N=CC2)cc1Cl)NC1CC1. The fraction of sp³-hybridized carbons (Fsp3) is 0.433. The maximum absolute atomic E-state index is 12.1. The van der Waals surface area contributed by atoms with Gasteiger partial charge in [-0.15, -0.1) is 0 Å². The van der Waals surface area contributed by atoms with E-state index in [9.17, 15) is 4.79 Å². The minimum Gasteiger partial charge on any atom is -0.494 e. The smallest absolute Gasteiger partial charge is 0.319 e. The van der Waals surface area contributed by atoms with Gasteiger partial charge in [-0.25, -0.2) is 4.79 Å². The van der Waals surface area contributed by atoms with Gasteiger partial charge in [0.05, 0.1) is 17.3 Å². The van der Waals surface area contributed by atoms with Crippen LogP contribution in [0.15, 0.2) is 63.8 Å². The molecule has 1 aliphatic carbocycles. The second-order valence-electron chi connectivity index (χ2n) is 10.5. The number of halogens is 1. The number of fused-ring (bicyclic) bond motifs is 1. The fourth-order valence-corrected chi connectivity index (χ4v) is 5.38. The predicted octanol–water partition coefficient (Wildman–Crippen LogP) is 5.82. The van der Waals surface area contributed by atoms with Crippen molar-refractivity contribution in [3.8, 4) is 11.5 Å². The summed E-state index contributed by atoms with van der Waals surface area (Å²) in [7, 11) is 0. The van der Waals surface area contributed by atoms with E-state index in [4.69, 9.17) is 26.1 Å². The van der Waals surface area contributed by atoms with E-state index < -0.39 is 0 Å². The van der Waals surface area contributed by atoms with Crippen LogP contribution < -0.4 is 20.1 Å². The van der Waals surface area contributed by atoms with Crippen LogP contribution in [0.3, 0.4) is 0 Å². The molecule has 0 bridgehead atoms. The van der Waals surface area contributed by atoms with E-state index in [0.29, 0.717) is 29.3 Å². The van der Waals surface area contributed by atoms with Gasteiger partial charge >= 0.3 is 6.03 Å². The lowest BCUT2D eigenvalue weighted by molar-refractivity contribution is 0.251. The van der Waals surface area contributed by atoms with Gasteiger partial charge in [-0.1, -0.05) is 11.6 Å². The highest BCUT2D eigenvalue weighted by Gasteiger charge is 2.30. The van der Waals surface area contributed by atoms with Crippen LogP contribution >= 0.6 is 11.6 Å². The molecule has 1 saturated carbocycles. The normalized spacial score (nSPS) is 20.5. The van der Waals surface area contributed by atoms with Gasteiger partial charge in [0.2, 0.25) is 0 Å². The second-order valence-corrected chi connectivity index (χ2v) is 10.9. The van der Waals surface area contributed by atoms with Gasteiger partial charge in [-0.05, 0) is 87.2 Å². The van der Waals surface area contributed by atoms with E-state index in [1.807, 2.05) is 24.4 Å². The van der Waals surface area contributed by atoms with E-state index in [0.717, 1.165) is 60.8 Å². The van der Waals surface area contributed by atoms with Gasteiger partial charge in [0.1, 0.15) is 17.3 Å². The van der Waals surface area contributed by atoms with Crippen molar-refractivity contribution in [2.75, 3.05) is 31.6 Å². The maximum Gasteiger partial charge on any atom is 0.319 e. The van der Waals surface area contributed by atoms with Gasteiger partial charge in [0, 0.05) is 49.0 Å². The third-order valence-corrected chi connectivity index (χ3v) is 7.76. The van der Waals surface area contributed by atoms with Crippen molar-refractivity contribution in [3.05, 3.63) is 64.4 Å². The summed E-state index contributed by atoms with van der Waals surface area (Å²) in [5.74, 6) is 2.34. The van der Waals surface area contributed by atoms with Crippen LogP contribution in [0.2, 0.25) is 5.02 Å². The molecule has 1 saturated heterocycles. The van der Waals surface area contributed by atoms with Gasteiger partial charge in [-0.2, -0.15) is 0 Å². The molecule has 2 aromatic rings. The molecule has 0 aromatic heterocycles. The van der Waals surface area contributed by atoms with Crippen molar-refractivity contribution in [2.24, 2.45) is 9.98 Å². The monoisotopic (exact) mass is 547 g/mol. The number of amides is 2. The minimum absolute atomic E-state index is 0.239. The summed E-state index contributed by atoms with van der Waals surface area (Å²) in [5.41, 5.74) is 3.68. The number of benzene rings is 2. The van der Waals surface area contributed by atoms with Crippen molar-refractivity contribution in [1.29, 1.82) is 0 Å². The number of carbonyl (C=O) groups excluding carboxylic acids is 1. The zero-order chi connectivity index (χ0) is 26.6. The summed E-state index contributed by atoms with van der Waals surface area (Å²) in [4.78, 5) is 24.0. The Balaban J connectivity index is 1.05. The number of carbonyl (C=O) groups is 1. The average molecular weight is 548 g/mol. The maximum atomic E-state index is 12.1. The molecule has 2 N–H and O–H groups in total. The molecule has 9 heteroatoms. The third-order valence-electron chi connectivity index (χ3n) is 7.45. The summed E-state index contributed by atoms with van der Waals surface area (Å²) in [6.07, 6.45) is 8.63. The number of nitrogens with one attached hydrogen (secondary N) is 2. The molecule has 3 heterocycles. The van der Waals surface area contributed by atoms with E-state index in [-0.39, 0.29) is 18.2 Å². The zero-order valence-corrected chi connectivity index (χ0v) is 22.8. The molecule has 204 valence electrons. The number of ether oxygens (including phenoxy) is 2. The Morgan fingerprint density at radius 3 is 2.64 bits per heavy atom. The van der Waals surface area contributed by atoms with E-state index in [1.54, 1.807) is 12.1 Å². The Hall–Kier alpha value is -3.36. The topological polar surface area (TPSA) is 87.6 Å². The van der Waals surface area contributed by atoms with Crippen molar-refractivity contribution < 1.29 is 14.3 Å². The lowest BCUT2D eigenvalue weighted by atomic mass is 10.0. The number of dihydropyridines is 1. The van der Waals surface area contributed by atoms with Crippen LogP contribution in [0.1, 0.15) is 50.5 Å². The molecule has 2 aromatic carbocycles. The van der Waals surface area contributed by atoms with Crippen LogP contribution in [-0.2, 0) is 0 Å². The Labute approximate surface area is 234 Å². The number of allylic oxidation sites excluding steroid dienone is 1. The van der Waals surface area contributed by atoms with E-state index >= 15 is 0 Å². The summed E-state index contributed by atoms with van der Waals surface area (Å²) in [6.45, 7) is 4.29. The highest BCUT2D eigenvalue weighted by Crippen LogP contribution is 2.34. The first-order valence-corrected chi connectivity index (χ1v) is 14.3. The van der Waals surface area contributed by atoms with Crippen LogP contribution in [-0.4, -0.2) is 61.3 Å². The molecule has 39 heavy (non-hydrogen) atoms. The summed E-state index contributed by atoms with van der Waals surface area (Å²) in [5, 5.41) is 6.12. The molecule has 2 fully saturated rings. The number of rotatable bonds is 10. The molecule has 0 spiro atoms. The van der Waals surface area contributed by atoms with Crippen molar-refractivity contribution in [3.63, 3.8) is 0 Å². The van der Waals surface area contributed by atoms with Crippen LogP contribution in [0.25, 0.3) is 0 Å². The van der Waals surface area contributed by atoms with Crippen molar-refractivity contribution in [1.82, 2.24) is 10.2 Å². The molecule has 1 unspecified atom stereocenters. The molecule has 6 rings (SSSR count). The number of nitrogens with zero attached hydrogens (tertiary/aromatic N) is 3. The highest BCUT2D eigenvalue weighted by atomic mass is 35.5. The van der Waals surface area contributed by atoms with Crippen molar-refractivity contribution >= 4 is 35.2 Å². The number of aliphatic imine (C=N–C) groups is 2. The molecule has 2 amide bonds. The molecule has 0 radical (unpaired) electrons. The first-order valence-electron chi connectivity index (χ1n) is 13.9. The Morgan fingerprint density at radius 1 is 1.08 bits per heavy atom. The van der Waals surface area contributed by atoms with Gasteiger partial charge < -0.3 is 25.0 Å². The van der Waals surface area contributed by atoms with Gasteiger partial charge in [-0.3, -0.25) is 9.98 Å². The van der Waals surface area contributed by atoms with Gasteiger partial charge in [0.15, 0.2) is 6.17 Å². The van der Waals surface area contributed by atoms with Crippen molar-refractivity contribution in [2.45, 2.75) is 57.2 Å². The largest absolute Gasteiger partial charge is 0.494 e. The lowest BCUT2D eigenvalue weighted by Gasteiger charge is -2.18. The number of hydrogen-bond acceptors (Lipinski definition) is 6.